The van der Waals surface area contributed by atoms with Crippen LogP contribution in [0.1, 0.15) is 6.42 Å². The Morgan fingerprint density at radius 3 is 2.17 bits per heavy atom. The zero-order valence-corrected chi connectivity index (χ0v) is 9.23. The molecule has 0 aliphatic heterocycles. The van der Waals surface area contributed by atoms with Gasteiger partial charge in [0, 0.05) is 18.1 Å². The molecule has 0 N–H and O–H groups in total. The van der Waals surface area contributed by atoms with E-state index >= 15 is 0 Å². The van der Waals surface area contributed by atoms with Crippen molar-refractivity contribution in [2.45, 2.75) is 6.42 Å². The summed E-state index contributed by atoms with van der Waals surface area (Å²) in [6, 6.07) is 0. The van der Waals surface area contributed by atoms with Gasteiger partial charge in [0.05, 0.1) is 0 Å². The van der Waals surface area contributed by atoms with Gasteiger partial charge < -0.3 is 9.80 Å². The van der Waals surface area contributed by atoms with Gasteiger partial charge in [0.25, 0.3) is 0 Å². The molecule has 0 aromatic rings. The van der Waals surface area contributed by atoms with Crippen LogP contribution in [0.4, 0.5) is 0 Å². The van der Waals surface area contributed by atoms with E-state index in [4.69, 9.17) is 11.6 Å². The molecule has 0 aromatic heterocycles. The molecule has 0 aliphatic rings. The van der Waals surface area contributed by atoms with Gasteiger partial charge in [-0.05, 0) is 34.6 Å². The average molecular weight is 191 g/mol. The first kappa shape index (κ1) is 11.9. The lowest BCUT2D eigenvalue weighted by molar-refractivity contribution is 0.415. The molecule has 0 radical (unpaired) electrons. The van der Waals surface area contributed by atoms with E-state index in [-0.39, 0.29) is 0 Å². The fourth-order valence-electron chi connectivity index (χ4n) is 0.846. The second kappa shape index (κ2) is 6.46. The minimum Gasteiger partial charge on any atom is -0.309 e. The third kappa shape index (κ3) is 8.05. The second-order valence-electron chi connectivity index (χ2n) is 3.48. The van der Waals surface area contributed by atoms with Crippen LogP contribution in [0.25, 0.3) is 0 Å². The zero-order chi connectivity index (χ0) is 9.56. The van der Waals surface area contributed by atoms with Crippen molar-refractivity contribution in [3.63, 3.8) is 0 Å². The van der Waals surface area contributed by atoms with Crippen molar-refractivity contribution in [2.75, 3.05) is 41.3 Å². The summed E-state index contributed by atoms with van der Waals surface area (Å²) in [4.78, 5) is 4.21. The Morgan fingerprint density at radius 2 is 1.75 bits per heavy atom. The maximum absolute atomic E-state index is 5.96. The van der Waals surface area contributed by atoms with Gasteiger partial charge in [0.15, 0.2) is 0 Å². The van der Waals surface area contributed by atoms with Crippen molar-refractivity contribution < 1.29 is 0 Å². The predicted octanol–water partition coefficient (Wildman–Crippen LogP) is 1.62. The molecule has 3 heteroatoms. The first-order valence-corrected chi connectivity index (χ1v) is 4.54. The number of rotatable bonds is 5. The summed E-state index contributed by atoms with van der Waals surface area (Å²) >= 11 is 5.96. The largest absolute Gasteiger partial charge is 0.309 e. The number of likely N-dealkylation sites (N-methyl/N-ethyl adjacent to an activating group) is 1. The maximum atomic E-state index is 5.96. The molecule has 0 saturated heterocycles. The Bertz CT molecular complexity index is 141. The Hall–Kier alpha value is -0.0500. The lowest BCUT2D eigenvalue weighted by Gasteiger charge is -2.09. The monoisotopic (exact) mass is 190 g/mol. The highest BCUT2D eigenvalue weighted by molar-refractivity contribution is 6.29. The Kier molecular flexibility index (Phi) is 6.44. The number of hydrogen-bond acceptors (Lipinski definition) is 2. The van der Waals surface area contributed by atoms with Gasteiger partial charge in [-0.1, -0.05) is 17.7 Å². The van der Waals surface area contributed by atoms with Gasteiger partial charge in [0.2, 0.25) is 0 Å². The van der Waals surface area contributed by atoms with Crippen LogP contribution in [-0.2, 0) is 0 Å². The molecule has 0 heterocycles. The summed E-state index contributed by atoms with van der Waals surface area (Å²) < 4.78 is 0. The lowest BCUT2D eigenvalue weighted by atomic mass is 10.3. The summed E-state index contributed by atoms with van der Waals surface area (Å²) in [5, 5.41) is 0.932. The molecule has 0 aromatic carbocycles. The van der Waals surface area contributed by atoms with Crippen molar-refractivity contribution in [1.82, 2.24) is 9.80 Å². The molecule has 0 amide bonds. The average Bonchev–Trinajstić information content (AvgIpc) is 1.84. The van der Waals surface area contributed by atoms with E-state index in [1.54, 1.807) is 0 Å². The molecule has 2 nitrogen and oxygen atoms in total. The summed E-state index contributed by atoms with van der Waals surface area (Å²) in [7, 11) is 8.16. The van der Waals surface area contributed by atoms with Gasteiger partial charge in [0.1, 0.15) is 0 Å². The molecule has 0 atom stereocenters. The van der Waals surface area contributed by atoms with Gasteiger partial charge in [-0.3, -0.25) is 0 Å². The fourth-order valence-corrected chi connectivity index (χ4v) is 1.19. The maximum Gasteiger partial charge on any atom is 0.0332 e. The lowest BCUT2D eigenvalue weighted by Crippen LogP contribution is -2.14. The van der Waals surface area contributed by atoms with Gasteiger partial charge in [-0.2, -0.15) is 0 Å². The number of nitrogens with zero attached hydrogens (tertiary/aromatic N) is 2. The third-order valence-corrected chi connectivity index (χ3v) is 1.68. The van der Waals surface area contributed by atoms with Crippen LogP contribution in [0.15, 0.2) is 11.1 Å². The Labute approximate surface area is 80.8 Å². The zero-order valence-electron chi connectivity index (χ0n) is 8.47. The Morgan fingerprint density at radius 1 is 1.17 bits per heavy atom. The molecular weight excluding hydrogens is 172 g/mol. The van der Waals surface area contributed by atoms with E-state index in [1.165, 1.54) is 0 Å². The van der Waals surface area contributed by atoms with Crippen LogP contribution in [0.3, 0.4) is 0 Å². The molecule has 0 aliphatic carbocycles. The molecule has 0 saturated carbocycles. The van der Waals surface area contributed by atoms with Gasteiger partial charge in [-0.25, -0.2) is 0 Å². The van der Waals surface area contributed by atoms with Crippen LogP contribution in [0.5, 0.6) is 0 Å². The van der Waals surface area contributed by atoms with Crippen molar-refractivity contribution in [3.8, 4) is 0 Å². The second-order valence-corrected chi connectivity index (χ2v) is 3.97. The number of hydrogen-bond donors (Lipinski definition) is 0. The first-order valence-electron chi connectivity index (χ1n) is 4.16. The molecule has 0 fully saturated rings. The highest BCUT2D eigenvalue weighted by Crippen LogP contribution is 2.03. The van der Waals surface area contributed by atoms with Crippen molar-refractivity contribution >= 4 is 11.6 Å². The van der Waals surface area contributed by atoms with Crippen LogP contribution >= 0.6 is 11.6 Å². The summed E-state index contributed by atoms with van der Waals surface area (Å²) in [6.45, 7) is 1.90. The molecule has 72 valence electrons. The summed E-state index contributed by atoms with van der Waals surface area (Å²) in [6.07, 6.45) is 3.11. The molecule has 0 spiro atoms. The minimum absolute atomic E-state index is 0.842. The van der Waals surface area contributed by atoms with Crippen LogP contribution in [-0.4, -0.2) is 51.1 Å². The predicted molar refractivity (Wildman–Crippen MR) is 55.7 cm³/mol. The van der Waals surface area contributed by atoms with E-state index in [0.717, 1.165) is 24.5 Å². The van der Waals surface area contributed by atoms with Crippen LogP contribution in [0.2, 0.25) is 0 Å². The van der Waals surface area contributed by atoms with Crippen LogP contribution < -0.4 is 0 Å². The smallest absolute Gasteiger partial charge is 0.0332 e. The highest BCUT2D eigenvalue weighted by Gasteiger charge is 1.94. The standard InChI is InChI=1S/C9H19ClN2/c1-11(2)7-5-6-9(10)8-12(3)4/h6H,5,7-8H2,1-4H3/b9-6-. The van der Waals surface area contributed by atoms with Crippen LogP contribution in [0, 0.1) is 0 Å². The summed E-state index contributed by atoms with van der Waals surface area (Å²) in [5.74, 6) is 0. The van der Waals surface area contributed by atoms with E-state index in [0.29, 0.717) is 0 Å². The Balaban J connectivity index is 3.55. The molecule has 0 unspecified atom stereocenters. The highest BCUT2D eigenvalue weighted by atomic mass is 35.5. The van der Waals surface area contributed by atoms with Crippen molar-refractivity contribution in [3.05, 3.63) is 11.1 Å². The molecule has 0 bridgehead atoms. The molecular formula is C9H19ClN2. The SMILES string of the molecule is CN(C)CC/C=C(\Cl)CN(C)C. The number of halogens is 1. The van der Waals surface area contributed by atoms with Crippen molar-refractivity contribution in [2.24, 2.45) is 0 Å². The topological polar surface area (TPSA) is 6.48 Å². The van der Waals surface area contributed by atoms with E-state index in [2.05, 4.69) is 30.0 Å². The third-order valence-electron chi connectivity index (χ3n) is 1.41. The van der Waals surface area contributed by atoms with E-state index in [9.17, 15) is 0 Å². The van der Waals surface area contributed by atoms with Crippen molar-refractivity contribution in [1.29, 1.82) is 0 Å². The quantitative estimate of drug-likeness (QED) is 0.650. The van der Waals surface area contributed by atoms with Gasteiger partial charge in [-0.15, -0.1) is 0 Å². The first-order chi connectivity index (χ1) is 5.52. The van der Waals surface area contributed by atoms with E-state index < -0.39 is 0 Å². The normalized spacial score (nSPS) is 13.1. The van der Waals surface area contributed by atoms with Gasteiger partial charge >= 0.3 is 0 Å². The molecule has 0 rings (SSSR count). The fraction of sp³-hybridized carbons (Fsp3) is 0.778. The van der Waals surface area contributed by atoms with E-state index in [1.807, 2.05) is 14.1 Å². The molecule has 12 heavy (non-hydrogen) atoms. The minimum atomic E-state index is 0.842. The summed E-state index contributed by atoms with van der Waals surface area (Å²) in [5.41, 5.74) is 0.